The molecule has 2 unspecified atom stereocenters. The Bertz CT molecular complexity index is 702. The molecule has 0 aliphatic heterocycles. The molecule has 134 valence electrons. The Morgan fingerprint density at radius 2 is 1.84 bits per heavy atom. The largest absolute Gasteiger partial charge is 0.493 e. The lowest BCUT2D eigenvalue weighted by Crippen LogP contribution is -2.33. The summed E-state index contributed by atoms with van der Waals surface area (Å²) < 4.78 is 11.2. The fraction of sp³-hybridized carbons (Fsp3) is 0.429. The molecule has 2 aromatic rings. The van der Waals surface area contributed by atoms with Gasteiger partial charge in [-0.1, -0.05) is 36.4 Å². The van der Waals surface area contributed by atoms with Crippen molar-refractivity contribution < 1.29 is 14.6 Å². The third kappa shape index (κ3) is 3.24. The van der Waals surface area contributed by atoms with Crippen LogP contribution in [0, 0.1) is 5.92 Å². The maximum atomic E-state index is 9.64. The minimum atomic E-state index is 0.174. The van der Waals surface area contributed by atoms with Crippen LogP contribution in [0.2, 0.25) is 0 Å². The summed E-state index contributed by atoms with van der Waals surface area (Å²) >= 11 is 0. The van der Waals surface area contributed by atoms with Gasteiger partial charge in [0.2, 0.25) is 0 Å². The van der Waals surface area contributed by atoms with Crippen molar-refractivity contribution in [1.82, 2.24) is 0 Å². The average molecular weight is 341 g/mol. The maximum absolute atomic E-state index is 9.64. The van der Waals surface area contributed by atoms with Crippen LogP contribution < -0.4 is 15.2 Å². The topological polar surface area (TPSA) is 64.7 Å². The summed E-state index contributed by atoms with van der Waals surface area (Å²) in [4.78, 5) is 0. The lowest BCUT2D eigenvalue weighted by atomic mass is 9.65. The fourth-order valence-corrected chi connectivity index (χ4v) is 4.36. The van der Waals surface area contributed by atoms with E-state index in [-0.39, 0.29) is 12.5 Å². The van der Waals surface area contributed by atoms with Crippen molar-refractivity contribution >= 4 is 0 Å². The number of benzene rings is 2. The molecule has 2 aromatic carbocycles. The molecule has 0 radical (unpaired) electrons. The van der Waals surface area contributed by atoms with E-state index in [1.54, 1.807) is 14.2 Å². The van der Waals surface area contributed by atoms with E-state index in [9.17, 15) is 5.11 Å². The molecule has 4 nitrogen and oxygen atoms in total. The van der Waals surface area contributed by atoms with E-state index in [0.717, 1.165) is 24.3 Å². The molecule has 3 rings (SSSR count). The number of aliphatic hydroxyl groups is 1. The van der Waals surface area contributed by atoms with Gasteiger partial charge in [-0.25, -0.2) is 0 Å². The van der Waals surface area contributed by atoms with Crippen LogP contribution in [0.5, 0.6) is 11.5 Å². The quantitative estimate of drug-likeness (QED) is 0.847. The highest BCUT2D eigenvalue weighted by Gasteiger charge is 2.38. The highest BCUT2D eigenvalue weighted by atomic mass is 16.5. The standard InChI is InChI=1S/C21H27NO3/c1-24-20-9-8-15-18(21(20)25-2)12-17(14-6-4-3-5-7-14)16(10-11-23)19(15)13-22/h3-9,16-17,19,23H,10-13,22H2,1-2H3/t16?,17?,19-/m0/s1. The van der Waals surface area contributed by atoms with Crippen molar-refractivity contribution in [2.24, 2.45) is 11.7 Å². The second-order valence-corrected chi connectivity index (χ2v) is 6.61. The molecule has 1 aliphatic rings. The zero-order valence-corrected chi connectivity index (χ0v) is 14.9. The Morgan fingerprint density at radius 1 is 1.08 bits per heavy atom. The second kappa shape index (κ2) is 7.89. The first kappa shape index (κ1) is 17.8. The van der Waals surface area contributed by atoms with E-state index < -0.39 is 0 Å². The number of hydrogen-bond acceptors (Lipinski definition) is 4. The first-order valence-corrected chi connectivity index (χ1v) is 8.84. The SMILES string of the molecule is COc1ccc2c(c1OC)CC(c1ccccc1)C(CCO)[C@H]2CN. The molecule has 3 N–H and O–H groups in total. The Hall–Kier alpha value is -2.04. The Labute approximate surface area is 149 Å². The van der Waals surface area contributed by atoms with Gasteiger partial charge in [0.1, 0.15) is 0 Å². The Balaban J connectivity index is 2.14. The van der Waals surface area contributed by atoms with Gasteiger partial charge in [0.15, 0.2) is 11.5 Å². The second-order valence-electron chi connectivity index (χ2n) is 6.61. The van der Waals surface area contributed by atoms with Crippen molar-refractivity contribution in [1.29, 1.82) is 0 Å². The van der Waals surface area contributed by atoms with Gasteiger partial charge in [-0.05, 0) is 48.4 Å². The van der Waals surface area contributed by atoms with Crippen molar-refractivity contribution in [2.45, 2.75) is 24.7 Å². The van der Waals surface area contributed by atoms with E-state index in [0.29, 0.717) is 18.4 Å². The summed E-state index contributed by atoms with van der Waals surface area (Å²) in [5, 5.41) is 9.64. The van der Waals surface area contributed by atoms with Gasteiger partial charge in [0, 0.05) is 18.1 Å². The lowest BCUT2D eigenvalue weighted by molar-refractivity contribution is 0.213. The van der Waals surface area contributed by atoms with Crippen LogP contribution in [0.15, 0.2) is 42.5 Å². The van der Waals surface area contributed by atoms with Crippen molar-refractivity contribution in [3.63, 3.8) is 0 Å². The van der Waals surface area contributed by atoms with Gasteiger partial charge >= 0.3 is 0 Å². The zero-order valence-electron chi connectivity index (χ0n) is 14.9. The van der Waals surface area contributed by atoms with E-state index in [4.69, 9.17) is 15.2 Å². The molecule has 0 heterocycles. The number of ether oxygens (including phenoxy) is 2. The molecule has 0 fully saturated rings. The summed E-state index contributed by atoms with van der Waals surface area (Å²) in [6, 6.07) is 14.6. The van der Waals surface area contributed by atoms with E-state index in [1.807, 2.05) is 12.1 Å². The van der Waals surface area contributed by atoms with Crippen LogP contribution in [0.4, 0.5) is 0 Å². The van der Waals surface area contributed by atoms with Crippen LogP contribution in [-0.4, -0.2) is 32.5 Å². The van der Waals surface area contributed by atoms with Crippen LogP contribution in [-0.2, 0) is 6.42 Å². The molecule has 25 heavy (non-hydrogen) atoms. The molecular formula is C21H27NO3. The van der Waals surface area contributed by atoms with Gasteiger partial charge < -0.3 is 20.3 Å². The molecule has 0 spiro atoms. The summed E-state index contributed by atoms with van der Waals surface area (Å²) in [6.45, 7) is 0.726. The van der Waals surface area contributed by atoms with Crippen LogP contribution in [0.25, 0.3) is 0 Å². The van der Waals surface area contributed by atoms with Crippen LogP contribution >= 0.6 is 0 Å². The summed E-state index contributed by atoms with van der Waals surface area (Å²) in [5.41, 5.74) is 9.88. The molecule has 3 atom stereocenters. The Kier molecular flexibility index (Phi) is 5.61. The first-order valence-electron chi connectivity index (χ1n) is 8.84. The average Bonchev–Trinajstić information content (AvgIpc) is 2.67. The van der Waals surface area contributed by atoms with Crippen LogP contribution in [0.3, 0.4) is 0 Å². The highest BCUT2D eigenvalue weighted by Crippen LogP contribution is 2.50. The predicted octanol–water partition coefficient (Wildman–Crippen LogP) is 3.08. The monoisotopic (exact) mass is 341 g/mol. The minimum absolute atomic E-state index is 0.174. The van der Waals surface area contributed by atoms with Gasteiger partial charge in [-0.3, -0.25) is 0 Å². The van der Waals surface area contributed by atoms with Crippen molar-refractivity contribution in [3.8, 4) is 11.5 Å². The molecular weight excluding hydrogens is 314 g/mol. The molecule has 0 saturated carbocycles. The van der Waals surface area contributed by atoms with Crippen molar-refractivity contribution in [2.75, 3.05) is 27.4 Å². The minimum Gasteiger partial charge on any atom is -0.493 e. The first-order chi connectivity index (χ1) is 12.2. The Morgan fingerprint density at radius 3 is 2.44 bits per heavy atom. The van der Waals surface area contributed by atoms with Gasteiger partial charge in [-0.2, -0.15) is 0 Å². The summed E-state index contributed by atoms with van der Waals surface area (Å²) in [7, 11) is 3.35. The zero-order chi connectivity index (χ0) is 17.8. The number of fused-ring (bicyclic) bond motifs is 1. The van der Waals surface area contributed by atoms with E-state index in [1.165, 1.54) is 16.7 Å². The normalized spacial score (nSPS) is 22.3. The maximum Gasteiger partial charge on any atom is 0.164 e. The number of methoxy groups -OCH3 is 2. The molecule has 0 aromatic heterocycles. The van der Waals surface area contributed by atoms with Crippen LogP contribution in [0.1, 0.15) is 34.9 Å². The molecule has 0 saturated heterocycles. The smallest absolute Gasteiger partial charge is 0.164 e. The van der Waals surface area contributed by atoms with Gasteiger partial charge in [0.25, 0.3) is 0 Å². The van der Waals surface area contributed by atoms with Gasteiger partial charge in [-0.15, -0.1) is 0 Å². The predicted molar refractivity (Wildman–Crippen MR) is 99.4 cm³/mol. The lowest BCUT2D eigenvalue weighted by Gasteiger charge is -2.40. The fourth-order valence-electron chi connectivity index (χ4n) is 4.36. The third-order valence-corrected chi connectivity index (χ3v) is 5.49. The molecule has 0 bridgehead atoms. The van der Waals surface area contributed by atoms with Crippen molar-refractivity contribution in [3.05, 3.63) is 59.2 Å². The molecule has 0 amide bonds. The highest BCUT2D eigenvalue weighted by molar-refractivity contribution is 5.54. The van der Waals surface area contributed by atoms with Gasteiger partial charge in [0.05, 0.1) is 14.2 Å². The third-order valence-electron chi connectivity index (χ3n) is 5.49. The number of nitrogens with two attached hydrogens (primary N) is 1. The number of rotatable bonds is 6. The summed E-state index contributed by atoms with van der Waals surface area (Å²) in [6.07, 6.45) is 1.61. The molecule has 1 aliphatic carbocycles. The molecule has 4 heteroatoms. The number of hydrogen-bond donors (Lipinski definition) is 2. The summed E-state index contributed by atoms with van der Waals surface area (Å²) in [5.74, 6) is 2.37. The number of aliphatic hydroxyl groups excluding tert-OH is 1. The van der Waals surface area contributed by atoms with E-state index in [2.05, 4.69) is 30.3 Å². The van der Waals surface area contributed by atoms with E-state index >= 15 is 0 Å².